The molecule has 0 amide bonds. The molecule has 2 aromatic rings. The van der Waals surface area contributed by atoms with Gasteiger partial charge in [0.25, 0.3) is 0 Å². The van der Waals surface area contributed by atoms with Crippen molar-refractivity contribution in [3.63, 3.8) is 0 Å². The summed E-state index contributed by atoms with van der Waals surface area (Å²) < 4.78 is 26.9. The Kier molecular flexibility index (Phi) is 4.39. The molecule has 0 fully saturated rings. The minimum absolute atomic E-state index is 0.282. The Labute approximate surface area is 121 Å². The van der Waals surface area contributed by atoms with Crippen LogP contribution in [-0.4, -0.2) is 8.42 Å². The van der Waals surface area contributed by atoms with Crippen LogP contribution in [0.4, 0.5) is 5.69 Å². The fraction of sp³-hybridized carbons (Fsp3) is 0.0769. The van der Waals surface area contributed by atoms with E-state index in [4.69, 9.17) is 11.6 Å². The lowest BCUT2D eigenvalue weighted by molar-refractivity contribution is 0.610. The Morgan fingerprint density at radius 1 is 1.00 bits per heavy atom. The Hall–Kier alpha value is -1.17. The summed E-state index contributed by atoms with van der Waals surface area (Å²) in [6.07, 6.45) is 0. The SMILES string of the molecule is Cc1ccc(S(=O)(=O)SNc2ccc(Cl)cc2)cc1. The molecule has 0 spiro atoms. The number of anilines is 1. The first-order valence-electron chi connectivity index (χ1n) is 5.49. The normalized spacial score (nSPS) is 11.3. The van der Waals surface area contributed by atoms with Crippen molar-refractivity contribution in [1.82, 2.24) is 0 Å². The second-order valence-corrected chi connectivity index (χ2v) is 7.96. The molecule has 100 valence electrons. The van der Waals surface area contributed by atoms with Crippen molar-refractivity contribution in [3.8, 4) is 0 Å². The van der Waals surface area contributed by atoms with Crippen LogP contribution in [0.15, 0.2) is 53.4 Å². The lowest BCUT2D eigenvalue weighted by Gasteiger charge is -2.06. The summed E-state index contributed by atoms with van der Waals surface area (Å²) in [4.78, 5) is 0.282. The Morgan fingerprint density at radius 2 is 1.58 bits per heavy atom. The summed E-state index contributed by atoms with van der Waals surface area (Å²) in [6, 6.07) is 13.6. The van der Waals surface area contributed by atoms with Crippen molar-refractivity contribution in [2.24, 2.45) is 0 Å². The van der Waals surface area contributed by atoms with Crippen molar-refractivity contribution >= 4 is 37.1 Å². The zero-order valence-corrected chi connectivity index (χ0v) is 12.5. The molecule has 0 aliphatic carbocycles. The Morgan fingerprint density at radius 3 is 2.16 bits per heavy atom. The van der Waals surface area contributed by atoms with Crippen LogP contribution in [-0.2, 0) is 8.87 Å². The van der Waals surface area contributed by atoms with Gasteiger partial charge in [-0.05, 0) is 43.3 Å². The molecule has 0 heterocycles. The van der Waals surface area contributed by atoms with Gasteiger partial charge < -0.3 is 4.72 Å². The van der Waals surface area contributed by atoms with Crippen LogP contribution in [0.5, 0.6) is 0 Å². The highest BCUT2D eigenvalue weighted by atomic mass is 35.5. The third kappa shape index (κ3) is 3.89. The number of hydrogen-bond acceptors (Lipinski definition) is 4. The van der Waals surface area contributed by atoms with Gasteiger partial charge in [0.15, 0.2) is 0 Å². The van der Waals surface area contributed by atoms with Crippen molar-refractivity contribution in [1.29, 1.82) is 0 Å². The van der Waals surface area contributed by atoms with Crippen molar-refractivity contribution in [3.05, 3.63) is 59.1 Å². The summed E-state index contributed by atoms with van der Waals surface area (Å²) in [5, 5.41) is 0.608. The van der Waals surface area contributed by atoms with E-state index in [1.54, 1.807) is 48.5 Å². The molecule has 0 atom stereocenters. The van der Waals surface area contributed by atoms with Crippen molar-refractivity contribution in [2.75, 3.05) is 4.72 Å². The maximum atomic E-state index is 12.1. The van der Waals surface area contributed by atoms with E-state index in [2.05, 4.69) is 4.72 Å². The molecule has 1 N–H and O–H groups in total. The first-order chi connectivity index (χ1) is 8.97. The molecule has 19 heavy (non-hydrogen) atoms. The average molecular weight is 314 g/mol. The Bertz CT molecular complexity index is 652. The molecular weight excluding hydrogens is 302 g/mol. The van der Waals surface area contributed by atoms with Crippen molar-refractivity contribution < 1.29 is 8.42 Å². The van der Waals surface area contributed by atoms with Gasteiger partial charge in [0.2, 0.25) is 8.87 Å². The second-order valence-electron chi connectivity index (χ2n) is 3.96. The summed E-state index contributed by atoms with van der Waals surface area (Å²) in [5.74, 6) is 0. The quantitative estimate of drug-likeness (QED) is 0.682. The van der Waals surface area contributed by atoms with E-state index in [1.807, 2.05) is 6.92 Å². The fourth-order valence-corrected chi connectivity index (χ4v) is 3.65. The molecule has 2 rings (SSSR count). The topological polar surface area (TPSA) is 46.2 Å². The van der Waals surface area contributed by atoms with Crippen LogP contribution in [0.25, 0.3) is 0 Å². The van der Waals surface area contributed by atoms with Gasteiger partial charge in [-0.1, -0.05) is 29.3 Å². The standard InChI is InChI=1S/C13H12ClNO2S2/c1-10-2-8-13(9-3-10)19(16,17)18-15-12-6-4-11(14)5-7-12/h2-9,15H,1H3. The smallest absolute Gasteiger partial charge is 0.249 e. The van der Waals surface area contributed by atoms with Crippen molar-refractivity contribution in [2.45, 2.75) is 11.8 Å². The largest absolute Gasteiger partial charge is 0.316 e. The molecule has 0 bridgehead atoms. The highest BCUT2D eigenvalue weighted by Crippen LogP contribution is 2.25. The fourth-order valence-electron chi connectivity index (χ4n) is 1.37. The molecule has 0 saturated carbocycles. The number of aryl methyl sites for hydroxylation is 1. The van der Waals surface area contributed by atoms with Gasteiger partial charge in [-0.25, -0.2) is 8.42 Å². The van der Waals surface area contributed by atoms with Gasteiger partial charge in [-0.2, -0.15) is 0 Å². The van der Waals surface area contributed by atoms with E-state index >= 15 is 0 Å². The minimum Gasteiger partial charge on any atom is -0.316 e. The van der Waals surface area contributed by atoms with E-state index < -0.39 is 8.87 Å². The summed E-state index contributed by atoms with van der Waals surface area (Å²) in [5.41, 5.74) is 1.71. The molecule has 0 saturated heterocycles. The molecule has 3 nitrogen and oxygen atoms in total. The maximum absolute atomic E-state index is 12.1. The van der Waals surface area contributed by atoms with Crippen LogP contribution in [0.1, 0.15) is 5.56 Å². The molecule has 6 heteroatoms. The second kappa shape index (κ2) is 5.86. The summed E-state index contributed by atoms with van der Waals surface area (Å²) in [6.45, 7) is 1.91. The highest BCUT2D eigenvalue weighted by molar-refractivity contribution is 8.72. The van der Waals surface area contributed by atoms with Gasteiger partial charge in [0.1, 0.15) is 0 Å². The minimum atomic E-state index is -3.41. The molecule has 0 unspecified atom stereocenters. The third-order valence-electron chi connectivity index (χ3n) is 2.42. The first-order valence-corrected chi connectivity index (χ1v) is 8.68. The van der Waals surface area contributed by atoms with E-state index in [-0.39, 0.29) is 4.90 Å². The van der Waals surface area contributed by atoms with Gasteiger partial charge in [0, 0.05) is 10.7 Å². The maximum Gasteiger partial charge on any atom is 0.249 e. The number of rotatable bonds is 4. The number of halogens is 1. The molecular formula is C13H12ClNO2S2. The zero-order chi connectivity index (χ0) is 13.9. The van der Waals surface area contributed by atoms with Crippen LogP contribution in [0.2, 0.25) is 5.02 Å². The van der Waals surface area contributed by atoms with Crippen LogP contribution in [0.3, 0.4) is 0 Å². The zero-order valence-electron chi connectivity index (χ0n) is 10.1. The van der Waals surface area contributed by atoms with Crippen LogP contribution in [0, 0.1) is 6.92 Å². The monoisotopic (exact) mass is 313 g/mol. The third-order valence-corrected chi connectivity index (χ3v) is 5.55. The lowest BCUT2D eigenvalue weighted by Crippen LogP contribution is -1.99. The summed E-state index contributed by atoms with van der Waals surface area (Å²) >= 11 is 5.76. The van der Waals surface area contributed by atoms with Gasteiger partial charge >= 0.3 is 0 Å². The molecule has 0 radical (unpaired) electrons. The summed E-state index contributed by atoms with van der Waals surface area (Å²) in [7, 11) is -2.74. The Balaban J connectivity index is 2.09. The predicted molar refractivity (Wildman–Crippen MR) is 81.0 cm³/mol. The van der Waals surface area contributed by atoms with Gasteiger partial charge in [0.05, 0.1) is 15.9 Å². The molecule has 0 aliphatic heterocycles. The van der Waals surface area contributed by atoms with Crippen LogP contribution < -0.4 is 4.72 Å². The van der Waals surface area contributed by atoms with E-state index in [0.29, 0.717) is 21.7 Å². The van der Waals surface area contributed by atoms with Gasteiger partial charge in [-0.15, -0.1) is 0 Å². The van der Waals surface area contributed by atoms with Crippen LogP contribution >= 0.6 is 22.6 Å². The number of hydrogen-bond donors (Lipinski definition) is 1. The van der Waals surface area contributed by atoms with Gasteiger partial charge in [-0.3, -0.25) is 0 Å². The lowest BCUT2D eigenvalue weighted by atomic mass is 10.2. The average Bonchev–Trinajstić information content (AvgIpc) is 2.39. The molecule has 0 aliphatic rings. The molecule has 0 aromatic heterocycles. The number of nitrogens with one attached hydrogen (secondary N) is 1. The first kappa shape index (κ1) is 14.2. The van der Waals surface area contributed by atoms with E-state index in [1.165, 1.54) is 0 Å². The van der Waals surface area contributed by atoms with E-state index in [9.17, 15) is 8.42 Å². The number of benzene rings is 2. The highest BCUT2D eigenvalue weighted by Gasteiger charge is 2.15. The predicted octanol–water partition coefficient (Wildman–Crippen LogP) is 4.10. The van der Waals surface area contributed by atoms with E-state index in [0.717, 1.165) is 5.56 Å². The molecule has 2 aromatic carbocycles.